The summed E-state index contributed by atoms with van der Waals surface area (Å²) in [7, 11) is 1.55. The molecule has 0 bridgehead atoms. The number of amides is 2. The summed E-state index contributed by atoms with van der Waals surface area (Å²) in [6, 6.07) is 3.75. The van der Waals surface area contributed by atoms with Gasteiger partial charge in [-0.2, -0.15) is 5.10 Å². The Labute approximate surface area is 225 Å². The molecule has 0 N–H and O–H groups in total. The number of carbonyl (C=O) groups is 2. The maximum absolute atomic E-state index is 13.8. The van der Waals surface area contributed by atoms with Gasteiger partial charge in [-0.3, -0.25) is 19.3 Å². The normalized spacial score (nSPS) is 27.2. The lowest BCUT2D eigenvalue weighted by Gasteiger charge is -2.41. The first-order valence-electron chi connectivity index (χ1n) is 12.7. The van der Waals surface area contributed by atoms with E-state index in [2.05, 4.69) is 10.1 Å². The quantitative estimate of drug-likeness (QED) is 0.518. The highest BCUT2D eigenvalue weighted by Gasteiger charge is 2.55. The van der Waals surface area contributed by atoms with Gasteiger partial charge in [0, 0.05) is 50.0 Å². The van der Waals surface area contributed by atoms with E-state index in [-0.39, 0.29) is 31.2 Å². The number of alkyl halides is 2. The molecule has 9 nitrogen and oxygen atoms in total. The molecule has 1 fully saturated rings. The van der Waals surface area contributed by atoms with E-state index < -0.39 is 23.2 Å². The number of halogens is 2. The minimum absolute atomic E-state index is 0.0505. The lowest BCUT2D eigenvalue weighted by atomic mass is 9.71. The summed E-state index contributed by atoms with van der Waals surface area (Å²) < 4.78 is 42.4. The minimum atomic E-state index is -3.74. The van der Waals surface area contributed by atoms with Crippen LogP contribution in [0.4, 0.5) is 8.78 Å². The van der Waals surface area contributed by atoms with E-state index in [1.165, 1.54) is 22.9 Å². The molecule has 4 aliphatic rings. The SMILES string of the molecule is CCN(C(=O)CN1N=C(Cc2cccnc2)C2=CC=C(OC)CC2(C)C1=O)C1=CCC2(C)OC(F)(F)OC2=C1. The summed E-state index contributed by atoms with van der Waals surface area (Å²) in [4.78, 5) is 32.9. The van der Waals surface area contributed by atoms with Gasteiger partial charge in [-0.1, -0.05) is 18.2 Å². The maximum atomic E-state index is 13.8. The molecule has 3 heterocycles. The standard InChI is InChI=1S/C28H30F2N4O5/c1-5-33(19-10-11-27(3)23(14-19)38-28(29,30)39-27)24(35)17-34-25(36)26(2)15-20(37-4)8-9-21(26)22(32-34)13-18-7-6-12-31-16-18/h6-10,12,14,16H,5,11,13,15,17H2,1-4H3. The van der Waals surface area contributed by atoms with Crippen LogP contribution in [-0.2, 0) is 30.2 Å². The molecule has 0 radical (unpaired) electrons. The van der Waals surface area contributed by atoms with Gasteiger partial charge in [-0.05, 0) is 44.1 Å². The fourth-order valence-electron chi connectivity index (χ4n) is 5.36. The first-order valence-corrected chi connectivity index (χ1v) is 12.7. The zero-order valence-corrected chi connectivity index (χ0v) is 22.2. The summed E-state index contributed by atoms with van der Waals surface area (Å²) in [5.41, 5.74) is 0.441. The third-order valence-corrected chi connectivity index (χ3v) is 7.46. The fourth-order valence-corrected chi connectivity index (χ4v) is 5.36. The van der Waals surface area contributed by atoms with E-state index in [1.807, 2.05) is 31.2 Å². The Bertz CT molecular complexity index is 1350. The Morgan fingerprint density at radius 3 is 2.77 bits per heavy atom. The number of rotatable bonds is 7. The highest BCUT2D eigenvalue weighted by Crippen LogP contribution is 2.46. The lowest BCUT2D eigenvalue weighted by molar-refractivity contribution is -0.351. The Morgan fingerprint density at radius 2 is 2.08 bits per heavy atom. The smallest absolute Gasteiger partial charge is 0.501 e. The average Bonchev–Trinajstić information content (AvgIpc) is 3.15. The molecule has 0 saturated carbocycles. The monoisotopic (exact) mass is 540 g/mol. The molecule has 39 heavy (non-hydrogen) atoms. The van der Waals surface area contributed by atoms with E-state index in [0.717, 1.165) is 11.1 Å². The molecule has 2 amide bonds. The number of allylic oxidation sites excluding steroid dienone is 4. The molecule has 2 atom stereocenters. The number of fused-ring (bicyclic) bond motifs is 2. The van der Waals surface area contributed by atoms with Crippen molar-refractivity contribution in [2.24, 2.45) is 10.5 Å². The number of carbonyl (C=O) groups excluding carboxylic acids is 2. The molecule has 206 valence electrons. The lowest BCUT2D eigenvalue weighted by Crippen LogP contribution is -2.51. The number of hydrogen-bond donors (Lipinski definition) is 0. The molecule has 5 rings (SSSR count). The molecule has 11 heteroatoms. The zero-order valence-electron chi connectivity index (χ0n) is 22.2. The topological polar surface area (TPSA) is 93.6 Å². The summed E-state index contributed by atoms with van der Waals surface area (Å²) in [5, 5.41) is 5.84. The Balaban J connectivity index is 1.43. The van der Waals surface area contributed by atoms with Gasteiger partial charge in [0.2, 0.25) is 5.91 Å². The van der Waals surface area contributed by atoms with E-state index in [1.54, 1.807) is 32.5 Å². The van der Waals surface area contributed by atoms with Crippen LogP contribution >= 0.6 is 0 Å². The first-order chi connectivity index (χ1) is 18.5. The molecule has 2 unspecified atom stereocenters. The van der Waals surface area contributed by atoms with Gasteiger partial charge < -0.3 is 14.4 Å². The highest BCUT2D eigenvalue weighted by molar-refractivity contribution is 6.11. The minimum Gasteiger partial charge on any atom is -0.501 e. The maximum Gasteiger partial charge on any atom is 0.536 e. The van der Waals surface area contributed by atoms with Crippen LogP contribution < -0.4 is 0 Å². The predicted molar refractivity (Wildman–Crippen MR) is 137 cm³/mol. The molecular formula is C28H30F2N4O5. The van der Waals surface area contributed by atoms with E-state index in [9.17, 15) is 18.4 Å². The number of methoxy groups -OCH3 is 1. The van der Waals surface area contributed by atoms with Gasteiger partial charge in [0.1, 0.15) is 17.9 Å². The Kier molecular flexibility index (Phi) is 6.66. The Morgan fingerprint density at radius 1 is 1.28 bits per heavy atom. The summed E-state index contributed by atoms with van der Waals surface area (Å²) in [5.74, 6) is -0.143. The summed E-state index contributed by atoms with van der Waals surface area (Å²) in [6.07, 6.45) is 7.25. The molecule has 0 aromatic carbocycles. The van der Waals surface area contributed by atoms with Gasteiger partial charge in [0.25, 0.3) is 5.91 Å². The van der Waals surface area contributed by atoms with Crippen LogP contribution in [0, 0.1) is 5.41 Å². The molecule has 1 saturated heterocycles. The van der Waals surface area contributed by atoms with E-state index in [0.29, 0.717) is 30.0 Å². The van der Waals surface area contributed by atoms with Crippen molar-refractivity contribution in [1.29, 1.82) is 0 Å². The summed E-state index contributed by atoms with van der Waals surface area (Å²) >= 11 is 0. The Hall–Kier alpha value is -3.86. The van der Waals surface area contributed by atoms with Crippen molar-refractivity contribution < 1.29 is 32.6 Å². The second-order valence-corrected chi connectivity index (χ2v) is 10.3. The van der Waals surface area contributed by atoms with Crippen LogP contribution in [-0.4, -0.2) is 64.5 Å². The number of hydrazone groups is 1. The number of nitrogens with zero attached hydrogens (tertiary/aromatic N) is 4. The molecule has 1 aromatic heterocycles. The van der Waals surface area contributed by atoms with Gasteiger partial charge >= 0.3 is 6.29 Å². The zero-order chi connectivity index (χ0) is 28.0. The fraction of sp³-hybridized carbons (Fsp3) is 0.429. The molecule has 2 aliphatic carbocycles. The van der Waals surface area contributed by atoms with Gasteiger partial charge in [-0.25, -0.2) is 5.01 Å². The van der Waals surface area contributed by atoms with Crippen LogP contribution in [0.1, 0.15) is 39.2 Å². The molecular weight excluding hydrogens is 510 g/mol. The van der Waals surface area contributed by atoms with Crippen LogP contribution in [0.2, 0.25) is 0 Å². The van der Waals surface area contributed by atoms with Crippen LogP contribution in [0.3, 0.4) is 0 Å². The first kappa shape index (κ1) is 26.7. The van der Waals surface area contributed by atoms with Crippen molar-refractivity contribution in [2.45, 2.75) is 51.9 Å². The van der Waals surface area contributed by atoms with Gasteiger partial charge in [-0.15, -0.1) is 8.78 Å². The number of aromatic nitrogens is 1. The second kappa shape index (κ2) is 9.71. The van der Waals surface area contributed by atoms with E-state index in [4.69, 9.17) is 14.2 Å². The van der Waals surface area contributed by atoms with Crippen molar-refractivity contribution in [2.75, 3.05) is 20.2 Å². The van der Waals surface area contributed by atoms with Gasteiger partial charge in [0.05, 0.1) is 24.0 Å². The van der Waals surface area contributed by atoms with Crippen molar-refractivity contribution in [1.82, 2.24) is 14.9 Å². The van der Waals surface area contributed by atoms with Gasteiger partial charge in [0.15, 0.2) is 0 Å². The number of ether oxygens (including phenoxy) is 3. The van der Waals surface area contributed by atoms with Crippen molar-refractivity contribution >= 4 is 17.5 Å². The number of hydrogen-bond acceptors (Lipinski definition) is 7. The number of likely N-dealkylation sites (N-methyl/N-ethyl adjacent to an activating group) is 1. The van der Waals surface area contributed by atoms with Crippen LogP contribution in [0.15, 0.2) is 76.7 Å². The van der Waals surface area contributed by atoms with Crippen molar-refractivity contribution in [3.05, 3.63) is 77.2 Å². The average molecular weight is 541 g/mol. The molecule has 2 aliphatic heterocycles. The second-order valence-electron chi connectivity index (χ2n) is 10.3. The predicted octanol–water partition coefficient (Wildman–Crippen LogP) is 4.06. The van der Waals surface area contributed by atoms with Crippen molar-refractivity contribution in [3.63, 3.8) is 0 Å². The largest absolute Gasteiger partial charge is 0.536 e. The molecule has 0 spiro atoms. The van der Waals surface area contributed by atoms with Crippen LogP contribution in [0.25, 0.3) is 0 Å². The van der Waals surface area contributed by atoms with E-state index >= 15 is 0 Å². The number of pyridine rings is 1. The third kappa shape index (κ3) is 4.87. The third-order valence-electron chi connectivity index (χ3n) is 7.46. The van der Waals surface area contributed by atoms with Crippen molar-refractivity contribution in [3.8, 4) is 0 Å². The summed E-state index contributed by atoms with van der Waals surface area (Å²) in [6.45, 7) is 5.01. The molecule has 1 aromatic rings. The van der Waals surface area contributed by atoms with Crippen LogP contribution in [0.5, 0.6) is 0 Å². The highest BCUT2D eigenvalue weighted by atomic mass is 19.3.